The number of nitrogens with one attached hydrogen (secondary N) is 1. The van der Waals surface area contributed by atoms with Gasteiger partial charge in [0.2, 0.25) is 0 Å². The molecule has 0 spiro atoms. The minimum Gasteiger partial charge on any atom is -0.466 e. The number of rotatable bonds is 6. The predicted molar refractivity (Wildman–Crippen MR) is 76.1 cm³/mol. The third-order valence-electron chi connectivity index (χ3n) is 4.54. The van der Waals surface area contributed by atoms with E-state index >= 15 is 0 Å². The van der Waals surface area contributed by atoms with Gasteiger partial charge in [0.15, 0.2) is 0 Å². The molecule has 0 bridgehead atoms. The van der Waals surface area contributed by atoms with Crippen LogP contribution in [-0.4, -0.2) is 48.7 Å². The lowest BCUT2D eigenvalue weighted by Crippen LogP contribution is -2.56. The monoisotopic (exact) mass is 268 g/mol. The lowest BCUT2D eigenvalue weighted by atomic mass is 9.80. The number of nitrogens with zero attached hydrogens (tertiary/aromatic N) is 1. The number of piperidine rings is 1. The number of ether oxygens (including phenoxy) is 1. The maximum absolute atomic E-state index is 11.9. The number of fused-ring (bicyclic) bond motifs is 1. The van der Waals surface area contributed by atoms with Crippen LogP contribution in [-0.2, 0) is 9.53 Å². The quantitative estimate of drug-likeness (QED) is 0.748. The van der Waals surface area contributed by atoms with E-state index in [9.17, 15) is 4.79 Å². The van der Waals surface area contributed by atoms with E-state index < -0.39 is 0 Å². The van der Waals surface area contributed by atoms with Gasteiger partial charge in [0, 0.05) is 18.1 Å². The smallest absolute Gasteiger partial charge is 0.307 e. The molecule has 0 aromatic rings. The van der Waals surface area contributed by atoms with Gasteiger partial charge >= 0.3 is 5.97 Å². The summed E-state index contributed by atoms with van der Waals surface area (Å²) in [5.74, 6) is -0.0439. The maximum Gasteiger partial charge on any atom is 0.307 e. The molecule has 0 aliphatic carbocycles. The number of carbonyl (C=O) groups excluding carboxylic acids is 1. The van der Waals surface area contributed by atoms with Crippen molar-refractivity contribution >= 4 is 5.97 Å². The molecular formula is C15H28N2O2. The standard InChI is InChI=1S/C15H28N2O2/c1-3-8-16-15(12-14(18)19-4-2)7-10-17-9-5-6-13(17)11-15/h13,16H,3-12H2,1-2H3. The van der Waals surface area contributed by atoms with Gasteiger partial charge in [-0.2, -0.15) is 0 Å². The van der Waals surface area contributed by atoms with E-state index in [4.69, 9.17) is 4.74 Å². The third kappa shape index (κ3) is 3.69. The highest BCUT2D eigenvalue weighted by molar-refractivity contribution is 5.71. The van der Waals surface area contributed by atoms with Crippen molar-refractivity contribution < 1.29 is 9.53 Å². The molecule has 2 rings (SSSR count). The van der Waals surface area contributed by atoms with E-state index in [0.717, 1.165) is 32.4 Å². The number of esters is 1. The highest BCUT2D eigenvalue weighted by Gasteiger charge is 2.42. The van der Waals surface area contributed by atoms with Crippen LogP contribution in [0.5, 0.6) is 0 Å². The summed E-state index contributed by atoms with van der Waals surface area (Å²) < 4.78 is 5.17. The van der Waals surface area contributed by atoms with Crippen molar-refractivity contribution in [1.29, 1.82) is 0 Å². The van der Waals surface area contributed by atoms with Crippen LogP contribution in [0.1, 0.15) is 52.4 Å². The number of hydrogen-bond acceptors (Lipinski definition) is 4. The Morgan fingerprint density at radius 3 is 3.00 bits per heavy atom. The minimum atomic E-state index is -0.0439. The fourth-order valence-electron chi connectivity index (χ4n) is 3.59. The Kier molecular flexibility index (Phi) is 5.22. The Morgan fingerprint density at radius 1 is 1.42 bits per heavy atom. The first kappa shape index (κ1) is 14.8. The average molecular weight is 268 g/mol. The van der Waals surface area contributed by atoms with Crippen molar-refractivity contribution in [2.24, 2.45) is 0 Å². The summed E-state index contributed by atoms with van der Waals surface area (Å²) >= 11 is 0. The predicted octanol–water partition coefficient (Wildman–Crippen LogP) is 1.94. The van der Waals surface area contributed by atoms with Crippen LogP contribution in [0.3, 0.4) is 0 Å². The second-order valence-corrected chi connectivity index (χ2v) is 5.98. The molecule has 0 saturated carbocycles. The lowest BCUT2D eigenvalue weighted by molar-refractivity contribution is -0.145. The summed E-state index contributed by atoms with van der Waals surface area (Å²) in [6.07, 6.45) is 6.42. The summed E-state index contributed by atoms with van der Waals surface area (Å²) in [6.45, 7) is 7.90. The zero-order valence-corrected chi connectivity index (χ0v) is 12.4. The number of hydrogen-bond donors (Lipinski definition) is 1. The van der Waals surface area contributed by atoms with Crippen LogP contribution in [0.4, 0.5) is 0 Å². The highest BCUT2D eigenvalue weighted by Crippen LogP contribution is 2.35. The van der Waals surface area contributed by atoms with Crippen LogP contribution < -0.4 is 5.32 Å². The molecular weight excluding hydrogens is 240 g/mol. The normalized spacial score (nSPS) is 31.2. The molecule has 2 atom stereocenters. The molecule has 2 aliphatic heterocycles. The van der Waals surface area contributed by atoms with Gasteiger partial charge in [-0.25, -0.2) is 0 Å². The van der Waals surface area contributed by atoms with Gasteiger partial charge in [0.1, 0.15) is 0 Å². The van der Waals surface area contributed by atoms with Crippen LogP contribution >= 0.6 is 0 Å². The van der Waals surface area contributed by atoms with E-state index in [2.05, 4.69) is 17.1 Å². The molecule has 110 valence electrons. The Labute approximate surface area is 116 Å². The van der Waals surface area contributed by atoms with Gasteiger partial charge in [-0.05, 0) is 52.1 Å². The molecule has 2 fully saturated rings. The van der Waals surface area contributed by atoms with Gasteiger partial charge in [-0.3, -0.25) is 4.79 Å². The van der Waals surface area contributed by atoms with Gasteiger partial charge in [0.25, 0.3) is 0 Å². The first-order chi connectivity index (χ1) is 9.19. The van der Waals surface area contributed by atoms with Crippen LogP contribution in [0.15, 0.2) is 0 Å². The summed E-state index contributed by atoms with van der Waals surface area (Å²) in [5.41, 5.74) is -0.0201. The van der Waals surface area contributed by atoms with E-state index in [1.165, 1.54) is 19.4 Å². The summed E-state index contributed by atoms with van der Waals surface area (Å²) in [5, 5.41) is 3.66. The molecule has 2 heterocycles. The van der Waals surface area contributed by atoms with Crippen molar-refractivity contribution in [1.82, 2.24) is 10.2 Å². The van der Waals surface area contributed by atoms with Crippen molar-refractivity contribution in [3.8, 4) is 0 Å². The lowest BCUT2D eigenvalue weighted by Gasteiger charge is -2.44. The molecule has 1 N–H and O–H groups in total. The Morgan fingerprint density at radius 2 is 2.26 bits per heavy atom. The Balaban J connectivity index is 1.99. The third-order valence-corrected chi connectivity index (χ3v) is 4.54. The topological polar surface area (TPSA) is 41.6 Å². The summed E-state index contributed by atoms with van der Waals surface area (Å²) in [4.78, 5) is 14.5. The van der Waals surface area contributed by atoms with E-state index in [0.29, 0.717) is 19.1 Å². The Hall–Kier alpha value is -0.610. The molecule has 2 unspecified atom stereocenters. The van der Waals surface area contributed by atoms with Crippen LogP contribution in [0, 0.1) is 0 Å². The zero-order chi connectivity index (χ0) is 13.7. The summed E-state index contributed by atoms with van der Waals surface area (Å²) in [6, 6.07) is 0.674. The van der Waals surface area contributed by atoms with Crippen molar-refractivity contribution in [3.05, 3.63) is 0 Å². The first-order valence-corrected chi connectivity index (χ1v) is 7.84. The largest absolute Gasteiger partial charge is 0.466 e. The van der Waals surface area contributed by atoms with Crippen LogP contribution in [0.25, 0.3) is 0 Å². The van der Waals surface area contributed by atoms with Crippen molar-refractivity contribution in [2.45, 2.75) is 64.0 Å². The van der Waals surface area contributed by atoms with Crippen molar-refractivity contribution in [3.63, 3.8) is 0 Å². The molecule has 0 amide bonds. The number of carbonyl (C=O) groups is 1. The van der Waals surface area contributed by atoms with E-state index in [1.807, 2.05) is 6.92 Å². The second-order valence-electron chi connectivity index (χ2n) is 5.98. The van der Waals surface area contributed by atoms with Gasteiger partial charge in [-0.1, -0.05) is 6.92 Å². The van der Waals surface area contributed by atoms with Gasteiger partial charge in [0.05, 0.1) is 13.0 Å². The minimum absolute atomic E-state index is 0.0201. The van der Waals surface area contributed by atoms with Gasteiger partial charge in [-0.15, -0.1) is 0 Å². The molecule has 4 nitrogen and oxygen atoms in total. The maximum atomic E-state index is 11.9. The molecule has 0 aromatic carbocycles. The second kappa shape index (κ2) is 6.71. The highest BCUT2D eigenvalue weighted by atomic mass is 16.5. The Bertz CT molecular complexity index is 309. The summed E-state index contributed by atoms with van der Waals surface area (Å²) in [7, 11) is 0. The first-order valence-electron chi connectivity index (χ1n) is 7.84. The van der Waals surface area contributed by atoms with E-state index in [1.54, 1.807) is 0 Å². The molecule has 0 aromatic heterocycles. The fourth-order valence-corrected chi connectivity index (χ4v) is 3.59. The molecule has 0 radical (unpaired) electrons. The molecule has 2 aliphatic rings. The van der Waals surface area contributed by atoms with Gasteiger partial charge < -0.3 is 15.0 Å². The van der Waals surface area contributed by atoms with E-state index in [-0.39, 0.29) is 11.5 Å². The van der Waals surface area contributed by atoms with Crippen molar-refractivity contribution in [2.75, 3.05) is 26.2 Å². The zero-order valence-electron chi connectivity index (χ0n) is 12.4. The SMILES string of the molecule is CCCNC1(CC(=O)OCC)CCN2CCCC2C1. The molecule has 2 saturated heterocycles. The molecule has 19 heavy (non-hydrogen) atoms. The fraction of sp³-hybridized carbons (Fsp3) is 0.933. The van der Waals surface area contributed by atoms with Crippen LogP contribution in [0.2, 0.25) is 0 Å². The average Bonchev–Trinajstić information content (AvgIpc) is 2.83. The molecule has 4 heteroatoms.